The van der Waals surface area contributed by atoms with E-state index < -0.39 is 0 Å². The third-order valence-corrected chi connectivity index (χ3v) is 3.03. The average molecular weight is 303 g/mol. The largest absolute Gasteiger partial charge is 0.373 e. The highest BCUT2D eigenvalue weighted by atomic mass is 79.9. The van der Waals surface area contributed by atoms with Crippen molar-refractivity contribution >= 4 is 22.0 Å². The van der Waals surface area contributed by atoms with Crippen LogP contribution in [0.4, 0.5) is 0 Å². The number of ether oxygens (including phenoxy) is 1. The lowest BCUT2D eigenvalue weighted by atomic mass is 10.2. The molecule has 1 nitrogen and oxygen atoms in total. The van der Waals surface area contributed by atoms with Gasteiger partial charge in [0.2, 0.25) is 0 Å². The zero-order chi connectivity index (χ0) is 12.6. The van der Waals surface area contributed by atoms with Gasteiger partial charge in [-0.1, -0.05) is 70.5 Å². The summed E-state index contributed by atoms with van der Waals surface area (Å²) in [6.45, 7) is 1.28. The van der Waals surface area contributed by atoms with E-state index in [0.717, 1.165) is 4.47 Å². The number of hydrogen-bond donors (Lipinski definition) is 0. The molecule has 0 saturated heterocycles. The maximum Gasteiger partial charge on any atom is 0.0721 e. The van der Waals surface area contributed by atoms with Gasteiger partial charge < -0.3 is 4.74 Å². The molecule has 0 spiro atoms. The maximum absolute atomic E-state index is 5.58. The molecule has 0 heterocycles. The molecule has 18 heavy (non-hydrogen) atoms. The van der Waals surface area contributed by atoms with Gasteiger partial charge in [-0.2, -0.15) is 0 Å². The van der Waals surface area contributed by atoms with Crippen molar-refractivity contribution in [3.05, 3.63) is 76.3 Å². The molecular formula is C16H15BrO. The fourth-order valence-corrected chi connectivity index (χ4v) is 1.84. The van der Waals surface area contributed by atoms with E-state index in [1.165, 1.54) is 11.1 Å². The minimum Gasteiger partial charge on any atom is -0.373 e. The van der Waals surface area contributed by atoms with E-state index >= 15 is 0 Å². The Hall–Kier alpha value is -1.38. The summed E-state index contributed by atoms with van der Waals surface area (Å²) in [7, 11) is 0. The van der Waals surface area contributed by atoms with Crippen molar-refractivity contribution in [1.29, 1.82) is 0 Å². The van der Waals surface area contributed by atoms with Gasteiger partial charge in [-0.25, -0.2) is 0 Å². The molecule has 0 N–H and O–H groups in total. The molecule has 0 aliphatic heterocycles. The summed E-state index contributed by atoms with van der Waals surface area (Å²) >= 11 is 3.41. The van der Waals surface area contributed by atoms with E-state index in [9.17, 15) is 0 Å². The molecule has 0 bridgehead atoms. The Kier molecular flexibility index (Phi) is 5.18. The van der Waals surface area contributed by atoms with Crippen molar-refractivity contribution in [3.63, 3.8) is 0 Å². The Bertz CT molecular complexity index is 488. The number of rotatable bonds is 5. The molecule has 0 fully saturated rings. The third kappa shape index (κ3) is 4.47. The topological polar surface area (TPSA) is 9.23 Å². The molecule has 0 aliphatic carbocycles. The maximum atomic E-state index is 5.58. The minimum absolute atomic E-state index is 0.630. The second-order valence-corrected chi connectivity index (χ2v) is 4.87. The van der Waals surface area contributed by atoms with Gasteiger partial charge in [0.15, 0.2) is 0 Å². The van der Waals surface area contributed by atoms with Crippen LogP contribution < -0.4 is 0 Å². The Morgan fingerprint density at radius 3 is 2.39 bits per heavy atom. The van der Waals surface area contributed by atoms with Crippen LogP contribution in [0.3, 0.4) is 0 Å². The predicted molar refractivity (Wildman–Crippen MR) is 79.3 cm³/mol. The molecule has 2 aromatic rings. The van der Waals surface area contributed by atoms with Gasteiger partial charge in [0.25, 0.3) is 0 Å². The van der Waals surface area contributed by atoms with Crippen LogP contribution in [0.15, 0.2) is 65.1 Å². The SMILES string of the molecule is Brc1ccc(COC/C=C/c2ccccc2)cc1. The van der Waals surface area contributed by atoms with Gasteiger partial charge in [-0.3, -0.25) is 0 Å². The second-order valence-electron chi connectivity index (χ2n) is 3.95. The van der Waals surface area contributed by atoms with E-state index in [4.69, 9.17) is 4.74 Å². The van der Waals surface area contributed by atoms with Gasteiger partial charge in [0, 0.05) is 4.47 Å². The monoisotopic (exact) mass is 302 g/mol. The first-order chi connectivity index (χ1) is 8.84. The van der Waals surface area contributed by atoms with Crippen LogP contribution in [-0.2, 0) is 11.3 Å². The minimum atomic E-state index is 0.630. The molecule has 0 amide bonds. The van der Waals surface area contributed by atoms with Gasteiger partial charge >= 0.3 is 0 Å². The Balaban J connectivity index is 1.73. The summed E-state index contributed by atoms with van der Waals surface area (Å²) in [4.78, 5) is 0. The van der Waals surface area contributed by atoms with Crippen LogP contribution in [0.5, 0.6) is 0 Å². The number of halogens is 1. The smallest absolute Gasteiger partial charge is 0.0721 e. The van der Waals surface area contributed by atoms with Crippen LogP contribution in [0.2, 0.25) is 0 Å². The van der Waals surface area contributed by atoms with E-state index in [-0.39, 0.29) is 0 Å². The van der Waals surface area contributed by atoms with E-state index in [0.29, 0.717) is 13.2 Å². The first kappa shape index (κ1) is 13.1. The summed E-state index contributed by atoms with van der Waals surface area (Å²) in [6, 6.07) is 18.4. The van der Waals surface area contributed by atoms with Crippen molar-refractivity contribution in [2.75, 3.05) is 6.61 Å². The van der Waals surface area contributed by atoms with Gasteiger partial charge in [-0.05, 0) is 23.3 Å². The lowest BCUT2D eigenvalue weighted by molar-refractivity contribution is 0.149. The third-order valence-electron chi connectivity index (χ3n) is 2.51. The Morgan fingerprint density at radius 2 is 1.67 bits per heavy atom. The van der Waals surface area contributed by atoms with E-state index in [2.05, 4.69) is 46.3 Å². The molecule has 0 radical (unpaired) electrons. The van der Waals surface area contributed by atoms with Crippen LogP contribution >= 0.6 is 15.9 Å². The highest BCUT2D eigenvalue weighted by Crippen LogP contribution is 2.11. The van der Waals surface area contributed by atoms with Crippen molar-refractivity contribution in [2.45, 2.75) is 6.61 Å². The molecule has 2 heteroatoms. The van der Waals surface area contributed by atoms with E-state index in [1.807, 2.05) is 36.4 Å². The Morgan fingerprint density at radius 1 is 0.944 bits per heavy atom. The molecular weight excluding hydrogens is 288 g/mol. The van der Waals surface area contributed by atoms with Gasteiger partial charge in [0.05, 0.1) is 13.2 Å². The lowest BCUT2D eigenvalue weighted by Gasteiger charge is -2.01. The summed E-state index contributed by atoms with van der Waals surface area (Å²) in [5.74, 6) is 0. The van der Waals surface area contributed by atoms with Crippen LogP contribution in [0.1, 0.15) is 11.1 Å². The first-order valence-corrected chi connectivity index (χ1v) is 6.68. The highest BCUT2D eigenvalue weighted by molar-refractivity contribution is 9.10. The summed E-state index contributed by atoms with van der Waals surface area (Å²) in [5.41, 5.74) is 2.39. The molecule has 0 aliphatic rings. The summed E-state index contributed by atoms with van der Waals surface area (Å²) in [6.07, 6.45) is 4.11. The normalized spacial score (nSPS) is 10.9. The Labute approximate surface area is 116 Å². The van der Waals surface area contributed by atoms with Crippen molar-refractivity contribution in [2.24, 2.45) is 0 Å². The lowest BCUT2D eigenvalue weighted by Crippen LogP contribution is -1.92. The molecule has 0 unspecified atom stereocenters. The van der Waals surface area contributed by atoms with Crippen LogP contribution in [0.25, 0.3) is 6.08 Å². The standard InChI is InChI=1S/C16H15BrO/c17-16-10-8-15(9-11-16)13-18-12-4-7-14-5-2-1-3-6-14/h1-11H,12-13H2/b7-4+. The number of hydrogen-bond acceptors (Lipinski definition) is 1. The second kappa shape index (κ2) is 7.14. The fourth-order valence-electron chi connectivity index (χ4n) is 1.57. The van der Waals surface area contributed by atoms with Crippen molar-refractivity contribution in [3.8, 4) is 0 Å². The van der Waals surface area contributed by atoms with Gasteiger partial charge in [0.1, 0.15) is 0 Å². The zero-order valence-corrected chi connectivity index (χ0v) is 11.6. The molecule has 92 valence electrons. The predicted octanol–water partition coefficient (Wildman–Crippen LogP) is 4.68. The van der Waals surface area contributed by atoms with Gasteiger partial charge in [-0.15, -0.1) is 0 Å². The fraction of sp³-hybridized carbons (Fsp3) is 0.125. The quantitative estimate of drug-likeness (QED) is 0.729. The summed E-state index contributed by atoms with van der Waals surface area (Å²) in [5, 5.41) is 0. The molecule has 0 aromatic heterocycles. The van der Waals surface area contributed by atoms with Crippen molar-refractivity contribution < 1.29 is 4.74 Å². The average Bonchev–Trinajstić information content (AvgIpc) is 2.42. The highest BCUT2D eigenvalue weighted by Gasteiger charge is 1.92. The van der Waals surface area contributed by atoms with E-state index in [1.54, 1.807) is 0 Å². The van der Waals surface area contributed by atoms with Crippen LogP contribution in [0, 0.1) is 0 Å². The van der Waals surface area contributed by atoms with Crippen molar-refractivity contribution in [1.82, 2.24) is 0 Å². The molecule has 2 aromatic carbocycles. The zero-order valence-electron chi connectivity index (χ0n) is 10.1. The molecule has 0 saturated carbocycles. The molecule has 2 rings (SSSR count). The number of benzene rings is 2. The summed E-state index contributed by atoms with van der Waals surface area (Å²) < 4.78 is 6.67. The first-order valence-electron chi connectivity index (χ1n) is 5.88. The molecule has 0 atom stereocenters. The van der Waals surface area contributed by atoms with Crippen LogP contribution in [-0.4, -0.2) is 6.61 Å².